The number of nitrogens with one attached hydrogen (secondary N) is 2. The molecular formula is C16H23N3O4. The Morgan fingerprint density at radius 1 is 1.35 bits per heavy atom. The van der Waals surface area contributed by atoms with Crippen LogP contribution in [0.5, 0.6) is 5.75 Å². The molecule has 2 amide bonds. The zero-order valence-corrected chi connectivity index (χ0v) is 13.2. The molecule has 0 aromatic heterocycles. The summed E-state index contributed by atoms with van der Waals surface area (Å²) >= 11 is 0. The minimum atomic E-state index is -0.827. The molecule has 0 saturated heterocycles. The second-order valence-corrected chi connectivity index (χ2v) is 5.78. The highest BCUT2D eigenvalue weighted by molar-refractivity contribution is 5.74. The van der Waals surface area contributed by atoms with Gasteiger partial charge >= 0.3 is 12.0 Å². The maximum absolute atomic E-state index is 11.8. The molecule has 2 rings (SSSR count). The van der Waals surface area contributed by atoms with Gasteiger partial charge in [0.1, 0.15) is 5.75 Å². The number of hydrogen-bond donors (Lipinski definition) is 4. The van der Waals surface area contributed by atoms with Crippen LogP contribution in [0.1, 0.15) is 25.3 Å². The van der Waals surface area contributed by atoms with E-state index >= 15 is 0 Å². The third kappa shape index (κ3) is 5.14. The molecule has 1 fully saturated rings. The van der Waals surface area contributed by atoms with Crippen LogP contribution in [-0.2, 0) is 11.3 Å². The van der Waals surface area contributed by atoms with Gasteiger partial charge < -0.3 is 20.8 Å². The minimum Gasteiger partial charge on any atom is -0.508 e. The zero-order valence-electron chi connectivity index (χ0n) is 13.2. The van der Waals surface area contributed by atoms with Crippen LogP contribution in [0.15, 0.2) is 24.3 Å². The molecule has 1 saturated carbocycles. The van der Waals surface area contributed by atoms with Gasteiger partial charge in [-0.1, -0.05) is 19.1 Å². The van der Waals surface area contributed by atoms with E-state index in [2.05, 4.69) is 10.6 Å². The van der Waals surface area contributed by atoms with Crippen molar-refractivity contribution in [2.75, 3.05) is 13.1 Å². The molecule has 0 heterocycles. The van der Waals surface area contributed by atoms with Crippen LogP contribution in [0.2, 0.25) is 0 Å². The fraction of sp³-hybridized carbons (Fsp3) is 0.500. The Bertz CT molecular complexity index is 558. The lowest BCUT2D eigenvalue weighted by molar-refractivity contribution is -0.139. The van der Waals surface area contributed by atoms with Gasteiger partial charge in [-0.15, -0.1) is 0 Å². The number of phenolic OH excluding ortho intramolecular Hbond substituents is 1. The van der Waals surface area contributed by atoms with Crippen molar-refractivity contribution in [3.8, 4) is 5.75 Å². The predicted octanol–water partition coefficient (Wildman–Crippen LogP) is 1.13. The second-order valence-electron chi connectivity index (χ2n) is 5.78. The number of phenols is 1. The number of amides is 2. The molecule has 0 aliphatic heterocycles. The van der Waals surface area contributed by atoms with E-state index in [4.69, 9.17) is 5.11 Å². The van der Waals surface area contributed by atoms with Gasteiger partial charge in [0.2, 0.25) is 0 Å². The molecule has 1 aromatic rings. The number of aliphatic carboxylic acids is 1. The molecule has 23 heavy (non-hydrogen) atoms. The Hall–Kier alpha value is -2.28. The van der Waals surface area contributed by atoms with Gasteiger partial charge in [-0.3, -0.25) is 9.69 Å². The normalized spacial score (nSPS) is 19.9. The minimum absolute atomic E-state index is 0.0393. The highest BCUT2D eigenvalue weighted by Gasteiger charge is 2.34. The molecule has 7 nitrogen and oxygen atoms in total. The van der Waals surface area contributed by atoms with Crippen molar-refractivity contribution in [3.05, 3.63) is 29.8 Å². The maximum atomic E-state index is 11.8. The summed E-state index contributed by atoms with van der Waals surface area (Å²) in [6.45, 7) is 3.01. The predicted molar refractivity (Wildman–Crippen MR) is 85.2 cm³/mol. The summed E-state index contributed by atoms with van der Waals surface area (Å²) in [5.41, 5.74) is 0.824. The van der Waals surface area contributed by atoms with Crippen molar-refractivity contribution in [1.29, 1.82) is 0 Å². The topological polar surface area (TPSA) is 102 Å². The first-order valence-electron chi connectivity index (χ1n) is 7.76. The number of carbonyl (C=O) groups excluding carboxylic acids is 1. The van der Waals surface area contributed by atoms with Crippen molar-refractivity contribution in [1.82, 2.24) is 15.5 Å². The summed E-state index contributed by atoms with van der Waals surface area (Å²) < 4.78 is 0. The standard InChI is InChI=1S/C16H23N3O4/c1-2-19(10-15(21)22)13-7-12(8-13)18-16(23)17-9-11-4-3-5-14(20)6-11/h3-6,12-13,20H,2,7-10H2,1H3,(H,21,22)(H2,17,18,23). The van der Waals surface area contributed by atoms with E-state index in [1.54, 1.807) is 18.2 Å². The lowest BCUT2D eigenvalue weighted by Gasteiger charge is -2.42. The van der Waals surface area contributed by atoms with Gasteiger partial charge in [0.15, 0.2) is 0 Å². The van der Waals surface area contributed by atoms with Gasteiger partial charge in [0, 0.05) is 18.6 Å². The smallest absolute Gasteiger partial charge is 0.317 e. The molecule has 1 aliphatic rings. The van der Waals surface area contributed by atoms with Crippen LogP contribution in [0.3, 0.4) is 0 Å². The van der Waals surface area contributed by atoms with Crippen molar-refractivity contribution in [2.45, 2.75) is 38.4 Å². The van der Waals surface area contributed by atoms with Crippen molar-refractivity contribution in [2.24, 2.45) is 0 Å². The second kappa shape index (κ2) is 7.82. The molecule has 0 bridgehead atoms. The van der Waals surface area contributed by atoms with Crippen LogP contribution in [0, 0.1) is 0 Å². The Kier molecular flexibility index (Phi) is 5.81. The zero-order chi connectivity index (χ0) is 16.8. The van der Waals surface area contributed by atoms with E-state index in [-0.39, 0.29) is 30.4 Å². The lowest BCUT2D eigenvalue weighted by atomic mass is 9.85. The van der Waals surface area contributed by atoms with E-state index in [1.165, 1.54) is 0 Å². The molecular weight excluding hydrogens is 298 g/mol. The Morgan fingerprint density at radius 2 is 2.09 bits per heavy atom. The average Bonchev–Trinajstić information content (AvgIpc) is 2.46. The summed E-state index contributed by atoms with van der Waals surface area (Å²) in [6, 6.07) is 6.77. The SMILES string of the molecule is CCN(CC(=O)O)C1CC(NC(=O)NCc2cccc(O)c2)C1. The van der Waals surface area contributed by atoms with Gasteiger partial charge in [-0.05, 0) is 37.1 Å². The van der Waals surface area contributed by atoms with E-state index < -0.39 is 5.97 Å². The van der Waals surface area contributed by atoms with Crippen molar-refractivity contribution >= 4 is 12.0 Å². The number of carboxylic acids is 1. The number of rotatable bonds is 7. The molecule has 0 spiro atoms. The summed E-state index contributed by atoms with van der Waals surface area (Å²) in [4.78, 5) is 24.5. The van der Waals surface area contributed by atoms with E-state index in [0.29, 0.717) is 13.1 Å². The molecule has 0 unspecified atom stereocenters. The molecule has 1 aliphatic carbocycles. The number of nitrogens with zero attached hydrogens (tertiary/aromatic N) is 1. The first-order valence-corrected chi connectivity index (χ1v) is 7.76. The Balaban J connectivity index is 1.68. The molecule has 126 valence electrons. The van der Waals surface area contributed by atoms with Crippen LogP contribution in [-0.4, -0.2) is 52.3 Å². The summed E-state index contributed by atoms with van der Waals surface area (Å²) in [5.74, 6) is -0.656. The number of hydrogen-bond acceptors (Lipinski definition) is 4. The van der Waals surface area contributed by atoms with Crippen molar-refractivity contribution < 1.29 is 19.8 Å². The largest absolute Gasteiger partial charge is 0.508 e. The van der Waals surface area contributed by atoms with Crippen LogP contribution >= 0.6 is 0 Å². The summed E-state index contributed by atoms with van der Waals surface area (Å²) in [5, 5.41) is 23.8. The summed E-state index contributed by atoms with van der Waals surface area (Å²) in [6.07, 6.45) is 1.53. The Labute approximate surface area is 135 Å². The van der Waals surface area contributed by atoms with Crippen LogP contribution < -0.4 is 10.6 Å². The number of likely N-dealkylation sites (N-methyl/N-ethyl adjacent to an activating group) is 1. The average molecular weight is 321 g/mol. The fourth-order valence-electron chi connectivity index (χ4n) is 2.76. The highest BCUT2D eigenvalue weighted by Crippen LogP contribution is 2.25. The molecule has 0 atom stereocenters. The van der Waals surface area contributed by atoms with E-state index in [1.807, 2.05) is 17.9 Å². The molecule has 0 radical (unpaired) electrons. The number of benzene rings is 1. The third-order valence-corrected chi connectivity index (χ3v) is 4.07. The van der Waals surface area contributed by atoms with Gasteiger partial charge in [-0.25, -0.2) is 4.79 Å². The third-order valence-electron chi connectivity index (χ3n) is 4.07. The maximum Gasteiger partial charge on any atom is 0.317 e. The van der Waals surface area contributed by atoms with Crippen LogP contribution in [0.25, 0.3) is 0 Å². The monoisotopic (exact) mass is 321 g/mol. The summed E-state index contributed by atoms with van der Waals surface area (Å²) in [7, 11) is 0. The number of aromatic hydroxyl groups is 1. The van der Waals surface area contributed by atoms with Gasteiger partial charge in [0.05, 0.1) is 6.54 Å². The van der Waals surface area contributed by atoms with Crippen LogP contribution in [0.4, 0.5) is 4.79 Å². The fourth-order valence-corrected chi connectivity index (χ4v) is 2.76. The van der Waals surface area contributed by atoms with E-state index in [9.17, 15) is 14.7 Å². The van der Waals surface area contributed by atoms with Gasteiger partial charge in [0.25, 0.3) is 0 Å². The van der Waals surface area contributed by atoms with Crippen molar-refractivity contribution in [3.63, 3.8) is 0 Å². The van der Waals surface area contributed by atoms with E-state index in [0.717, 1.165) is 18.4 Å². The number of carboxylic acid groups (broad SMARTS) is 1. The number of urea groups is 1. The molecule has 1 aromatic carbocycles. The Morgan fingerprint density at radius 3 is 2.70 bits per heavy atom. The first kappa shape index (κ1) is 17.1. The number of carbonyl (C=O) groups is 2. The lowest BCUT2D eigenvalue weighted by Crippen LogP contribution is -2.56. The first-order chi connectivity index (χ1) is 11.0. The molecule has 7 heteroatoms. The quantitative estimate of drug-likeness (QED) is 0.603. The van der Waals surface area contributed by atoms with Gasteiger partial charge in [-0.2, -0.15) is 0 Å². The highest BCUT2D eigenvalue weighted by atomic mass is 16.4. The molecule has 4 N–H and O–H groups in total.